The summed E-state index contributed by atoms with van der Waals surface area (Å²) in [6.45, 7) is 2.22. The van der Waals surface area contributed by atoms with Crippen LogP contribution in [0.3, 0.4) is 0 Å². The van der Waals surface area contributed by atoms with E-state index < -0.39 is 5.54 Å². The first kappa shape index (κ1) is 17.8. The van der Waals surface area contributed by atoms with Crippen LogP contribution in [-0.2, 0) is 17.6 Å². The lowest BCUT2D eigenvalue weighted by molar-refractivity contribution is -0.130. The van der Waals surface area contributed by atoms with Crippen molar-refractivity contribution in [1.29, 1.82) is 0 Å². The van der Waals surface area contributed by atoms with Crippen LogP contribution in [0, 0.1) is 0 Å². The van der Waals surface area contributed by atoms with Gasteiger partial charge in [-0.15, -0.1) is 0 Å². The summed E-state index contributed by atoms with van der Waals surface area (Å²) in [5.41, 5.74) is 7.01. The van der Waals surface area contributed by atoms with E-state index in [4.69, 9.17) is 10.5 Å². The van der Waals surface area contributed by atoms with Gasteiger partial charge >= 0.3 is 0 Å². The summed E-state index contributed by atoms with van der Waals surface area (Å²) < 4.78 is 5.24. The molecule has 6 nitrogen and oxygen atoms in total. The predicted octanol–water partition coefficient (Wildman–Crippen LogP) is 2.10. The molecule has 0 spiro atoms. The Morgan fingerprint density at radius 3 is 2.65 bits per heavy atom. The minimum atomic E-state index is -0.921. The second-order valence-corrected chi connectivity index (χ2v) is 6.65. The van der Waals surface area contributed by atoms with Gasteiger partial charge in [-0.2, -0.15) is 0 Å². The van der Waals surface area contributed by atoms with E-state index in [0.717, 1.165) is 16.9 Å². The largest absolute Gasteiger partial charge is 0.508 e. The third kappa shape index (κ3) is 3.64. The van der Waals surface area contributed by atoms with Crippen LogP contribution in [0.1, 0.15) is 18.1 Å². The van der Waals surface area contributed by atoms with Crippen molar-refractivity contribution in [3.63, 3.8) is 0 Å². The van der Waals surface area contributed by atoms with Gasteiger partial charge in [-0.05, 0) is 48.7 Å². The number of aromatic hydroxyl groups is 1. The van der Waals surface area contributed by atoms with Gasteiger partial charge in [0.15, 0.2) is 5.96 Å². The van der Waals surface area contributed by atoms with Crippen LogP contribution in [0.2, 0.25) is 0 Å². The van der Waals surface area contributed by atoms with Crippen molar-refractivity contribution in [2.24, 2.45) is 10.7 Å². The summed E-state index contributed by atoms with van der Waals surface area (Å²) >= 11 is 0. The summed E-state index contributed by atoms with van der Waals surface area (Å²) in [4.78, 5) is 18.9. The fraction of sp³-hybridized carbons (Fsp3) is 0.300. The zero-order valence-corrected chi connectivity index (χ0v) is 15.0. The molecule has 0 radical (unpaired) electrons. The molecule has 1 heterocycles. The monoisotopic (exact) mass is 353 g/mol. The third-order valence-electron chi connectivity index (χ3n) is 4.56. The minimum Gasteiger partial charge on any atom is -0.508 e. The van der Waals surface area contributed by atoms with E-state index in [1.165, 1.54) is 4.90 Å². The van der Waals surface area contributed by atoms with E-state index in [1.807, 2.05) is 30.3 Å². The maximum absolute atomic E-state index is 12.9. The fourth-order valence-electron chi connectivity index (χ4n) is 3.22. The Morgan fingerprint density at radius 1 is 1.19 bits per heavy atom. The molecular formula is C20H23N3O3. The standard InChI is InChI=1S/C20H23N3O3/c1-20(13-15-6-4-8-17(12-15)26-2)18(25)23(19(21)22-20)10-9-14-5-3-7-16(24)11-14/h3-8,11-12,24H,9-10,13H2,1-2H3,(H2,21,22). The van der Waals surface area contributed by atoms with E-state index >= 15 is 0 Å². The van der Waals surface area contributed by atoms with Gasteiger partial charge < -0.3 is 15.6 Å². The van der Waals surface area contributed by atoms with Crippen LogP contribution >= 0.6 is 0 Å². The summed E-state index contributed by atoms with van der Waals surface area (Å²) in [5, 5.41) is 9.56. The SMILES string of the molecule is COc1cccc(CC2(C)N=C(N)N(CCc3cccc(O)c3)C2=O)c1. The highest BCUT2D eigenvalue weighted by molar-refractivity contribution is 6.06. The Balaban J connectivity index is 1.71. The van der Waals surface area contributed by atoms with Crippen molar-refractivity contribution in [2.45, 2.75) is 25.3 Å². The first-order valence-corrected chi connectivity index (χ1v) is 8.49. The predicted molar refractivity (Wildman–Crippen MR) is 100 cm³/mol. The summed E-state index contributed by atoms with van der Waals surface area (Å²) in [5.74, 6) is 1.08. The molecule has 1 atom stereocenters. The average molecular weight is 353 g/mol. The Labute approximate surface area is 152 Å². The van der Waals surface area contributed by atoms with Crippen molar-refractivity contribution in [1.82, 2.24) is 4.90 Å². The third-order valence-corrected chi connectivity index (χ3v) is 4.56. The van der Waals surface area contributed by atoms with Crippen LogP contribution in [0.5, 0.6) is 11.5 Å². The van der Waals surface area contributed by atoms with E-state index in [2.05, 4.69) is 4.99 Å². The topological polar surface area (TPSA) is 88.2 Å². The number of aliphatic imine (C=N–C) groups is 1. The van der Waals surface area contributed by atoms with Crippen LogP contribution in [0.25, 0.3) is 0 Å². The lowest BCUT2D eigenvalue weighted by atomic mass is 9.93. The van der Waals surface area contributed by atoms with Gasteiger partial charge in [0.05, 0.1) is 7.11 Å². The molecular weight excluding hydrogens is 330 g/mol. The number of phenols is 1. The van der Waals surface area contributed by atoms with Crippen molar-refractivity contribution in [3.05, 3.63) is 59.7 Å². The molecule has 0 aliphatic carbocycles. The maximum Gasteiger partial charge on any atom is 0.257 e. The molecule has 1 aliphatic rings. The number of amides is 1. The van der Waals surface area contributed by atoms with Crippen LogP contribution in [0.4, 0.5) is 0 Å². The first-order chi connectivity index (χ1) is 12.4. The van der Waals surface area contributed by atoms with Crippen molar-refractivity contribution in [2.75, 3.05) is 13.7 Å². The number of benzene rings is 2. The lowest BCUT2D eigenvalue weighted by Gasteiger charge is -2.22. The van der Waals surface area contributed by atoms with Gasteiger partial charge in [-0.3, -0.25) is 9.69 Å². The molecule has 1 amide bonds. The molecule has 26 heavy (non-hydrogen) atoms. The van der Waals surface area contributed by atoms with Gasteiger partial charge in [0.25, 0.3) is 5.91 Å². The lowest BCUT2D eigenvalue weighted by Crippen LogP contribution is -2.44. The summed E-state index contributed by atoms with van der Waals surface area (Å²) in [6.07, 6.45) is 1.04. The molecule has 2 aromatic carbocycles. The number of phenolic OH excluding ortho intramolecular Hbond substituents is 1. The minimum absolute atomic E-state index is 0.113. The second-order valence-electron chi connectivity index (χ2n) is 6.65. The molecule has 6 heteroatoms. The molecule has 0 fully saturated rings. The average Bonchev–Trinajstić information content (AvgIpc) is 2.82. The van der Waals surface area contributed by atoms with Gasteiger partial charge in [0, 0.05) is 13.0 Å². The van der Waals surface area contributed by atoms with Crippen LogP contribution in [0.15, 0.2) is 53.5 Å². The molecule has 0 bridgehead atoms. The van der Waals surface area contributed by atoms with E-state index in [9.17, 15) is 9.90 Å². The van der Waals surface area contributed by atoms with Gasteiger partial charge in [-0.1, -0.05) is 24.3 Å². The summed E-state index contributed by atoms with van der Waals surface area (Å²) in [6, 6.07) is 14.6. The van der Waals surface area contributed by atoms with E-state index in [1.54, 1.807) is 32.2 Å². The number of carbonyl (C=O) groups excluding carboxylic acids is 1. The first-order valence-electron chi connectivity index (χ1n) is 8.49. The molecule has 3 N–H and O–H groups in total. The number of ether oxygens (including phenoxy) is 1. The van der Waals surface area contributed by atoms with Gasteiger partial charge in [0.2, 0.25) is 0 Å². The number of nitrogens with zero attached hydrogens (tertiary/aromatic N) is 2. The molecule has 1 aliphatic heterocycles. The highest BCUT2D eigenvalue weighted by Gasteiger charge is 2.43. The fourth-order valence-corrected chi connectivity index (χ4v) is 3.22. The van der Waals surface area contributed by atoms with Crippen molar-refractivity contribution < 1.29 is 14.6 Å². The number of hydrogen-bond acceptors (Lipinski definition) is 5. The zero-order chi connectivity index (χ0) is 18.7. The maximum atomic E-state index is 12.9. The van der Waals surface area contributed by atoms with Gasteiger partial charge in [-0.25, -0.2) is 4.99 Å². The molecule has 2 aromatic rings. The molecule has 136 valence electrons. The van der Waals surface area contributed by atoms with Crippen LogP contribution in [-0.4, -0.2) is 41.1 Å². The number of guanidine groups is 1. The number of rotatable bonds is 6. The molecule has 0 saturated heterocycles. The number of carbonyl (C=O) groups is 1. The zero-order valence-electron chi connectivity index (χ0n) is 15.0. The Bertz CT molecular complexity index is 850. The van der Waals surface area contributed by atoms with Crippen molar-refractivity contribution >= 4 is 11.9 Å². The van der Waals surface area contributed by atoms with Gasteiger partial charge in [0.1, 0.15) is 17.0 Å². The normalized spacial score (nSPS) is 19.5. The van der Waals surface area contributed by atoms with Crippen molar-refractivity contribution in [3.8, 4) is 11.5 Å². The summed E-state index contributed by atoms with van der Waals surface area (Å²) in [7, 11) is 1.61. The molecule has 3 rings (SSSR count). The highest BCUT2D eigenvalue weighted by atomic mass is 16.5. The molecule has 0 saturated carbocycles. The second kappa shape index (κ2) is 7.07. The molecule has 1 unspecified atom stereocenters. The smallest absolute Gasteiger partial charge is 0.257 e. The van der Waals surface area contributed by atoms with E-state index in [-0.39, 0.29) is 17.6 Å². The Morgan fingerprint density at radius 2 is 1.92 bits per heavy atom. The Hall–Kier alpha value is -3.02. The highest BCUT2D eigenvalue weighted by Crippen LogP contribution is 2.27. The number of methoxy groups -OCH3 is 1. The molecule has 0 aromatic heterocycles. The van der Waals surface area contributed by atoms with Crippen LogP contribution < -0.4 is 10.5 Å². The number of nitrogens with two attached hydrogens (primary N) is 1. The van der Waals surface area contributed by atoms with E-state index in [0.29, 0.717) is 19.4 Å². The number of hydrogen-bond donors (Lipinski definition) is 2. The quantitative estimate of drug-likeness (QED) is 0.832. The Kier molecular flexibility index (Phi) is 4.84.